The summed E-state index contributed by atoms with van der Waals surface area (Å²) in [5.41, 5.74) is 6.70. The van der Waals surface area contributed by atoms with E-state index in [0.717, 1.165) is 32.5 Å². The van der Waals surface area contributed by atoms with Crippen LogP contribution in [0.5, 0.6) is 0 Å². The lowest BCUT2D eigenvalue weighted by Gasteiger charge is -2.09. The molecule has 3 heteroatoms. The number of rotatable bonds is 7. The van der Waals surface area contributed by atoms with Crippen molar-refractivity contribution in [1.29, 1.82) is 0 Å². The minimum atomic E-state index is -0.173. The van der Waals surface area contributed by atoms with Crippen molar-refractivity contribution in [2.75, 3.05) is 19.6 Å². The maximum atomic E-state index is 12.6. The van der Waals surface area contributed by atoms with E-state index in [1.54, 1.807) is 0 Å². The van der Waals surface area contributed by atoms with Gasteiger partial charge >= 0.3 is 0 Å². The fraction of sp³-hybridized carbons (Fsp3) is 0.538. The van der Waals surface area contributed by atoms with E-state index in [-0.39, 0.29) is 5.82 Å². The Balaban J connectivity index is 2.09. The predicted molar refractivity (Wildman–Crippen MR) is 65.8 cm³/mol. The topological polar surface area (TPSA) is 38.0 Å². The summed E-state index contributed by atoms with van der Waals surface area (Å²) in [6.45, 7) is 4.84. The SMILES string of the molecule is CC(CN)CCNCCc1ccc(F)cc1. The molecule has 0 aliphatic rings. The lowest BCUT2D eigenvalue weighted by atomic mass is 10.1. The Morgan fingerprint density at radius 3 is 2.56 bits per heavy atom. The van der Waals surface area contributed by atoms with Crippen molar-refractivity contribution in [3.05, 3.63) is 35.6 Å². The van der Waals surface area contributed by atoms with Crippen molar-refractivity contribution in [1.82, 2.24) is 5.32 Å². The third-order valence-corrected chi connectivity index (χ3v) is 2.72. The highest BCUT2D eigenvalue weighted by Gasteiger charge is 1.98. The van der Waals surface area contributed by atoms with Gasteiger partial charge in [0.25, 0.3) is 0 Å². The highest BCUT2D eigenvalue weighted by atomic mass is 19.1. The number of nitrogens with one attached hydrogen (secondary N) is 1. The van der Waals surface area contributed by atoms with Crippen molar-refractivity contribution < 1.29 is 4.39 Å². The minimum Gasteiger partial charge on any atom is -0.330 e. The summed E-state index contributed by atoms with van der Waals surface area (Å²) in [5, 5.41) is 3.36. The van der Waals surface area contributed by atoms with Gasteiger partial charge in [-0.05, 0) is 56.1 Å². The first-order valence-electron chi connectivity index (χ1n) is 5.87. The molecule has 1 aromatic rings. The Morgan fingerprint density at radius 2 is 1.94 bits per heavy atom. The van der Waals surface area contributed by atoms with Crippen LogP contribution in [0.15, 0.2) is 24.3 Å². The second kappa shape index (κ2) is 7.36. The monoisotopic (exact) mass is 224 g/mol. The van der Waals surface area contributed by atoms with Gasteiger partial charge in [0.15, 0.2) is 0 Å². The van der Waals surface area contributed by atoms with Gasteiger partial charge in [-0.2, -0.15) is 0 Å². The molecular formula is C13H21FN2. The van der Waals surface area contributed by atoms with Crippen molar-refractivity contribution >= 4 is 0 Å². The largest absolute Gasteiger partial charge is 0.330 e. The van der Waals surface area contributed by atoms with Crippen LogP contribution >= 0.6 is 0 Å². The second-order valence-electron chi connectivity index (χ2n) is 4.26. The number of halogens is 1. The third-order valence-electron chi connectivity index (χ3n) is 2.72. The van der Waals surface area contributed by atoms with E-state index in [1.807, 2.05) is 12.1 Å². The van der Waals surface area contributed by atoms with E-state index in [4.69, 9.17) is 5.73 Å². The summed E-state index contributed by atoms with van der Waals surface area (Å²) < 4.78 is 12.6. The van der Waals surface area contributed by atoms with Crippen molar-refractivity contribution in [3.8, 4) is 0 Å². The standard InChI is InChI=1S/C13H21FN2/c1-11(10-15)6-8-16-9-7-12-2-4-13(14)5-3-12/h2-5,11,16H,6-10,15H2,1H3. The van der Waals surface area contributed by atoms with Crippen molar-refractivity contribution in [2.24, 2.45) is 11.7 Å². The maximum Gasteiger partial charge on any atom is 0.123 e. The fourth-order valence-corrected chi connectivity index (χ4v) is 1.48. The van der Waals surface area contributed by atoms with Crippen LogP contribution in [0.1, 0.15) is 18.9 Å². The molecule has 1 aromatic carbocycles. The van der Waals surface area contributed by atoms with Crippen LogP contribution in [0.3, 0.4) is 0 Å². The molecule has 0 radical (unpaired) electrons. The van der Waals surface area contributed by atoms with Gasteiger partial charge in [0, 0.05) is 0 Å². The third kappa shape index (κ3) is 5.24. The summed E-state index contributed by atoms with van der Waals surface area (Å²) in [6.07, 6.45) is 2.05. The molecule has 1 unspecified atom stereocenters. The van der Waals surface area contributed by atoms with Gasteiger partial charge in [-0.15, -0.1) is 0 Å². The zero-order valence-electron chi connectivity index (χ0n) is 9.88. The number of hydrogen-bond acceptors (Lipinski definition) is 2. The number of nitrogens with two attached hydrogens (primary N) is 1. The molecule has 0 aliphatic heterocycles. The van der Waals surface area contributed by atoms with E-state index >= 15 is 0 Å². The van der Waals surface area contributed by atoms with E-state index in [2.05, 4.69) is 12.2 Å². The van der Waals surface area contributed by atoms with Gasteiger partial charge in [0.2, 0.25) is 0 Å². The van der Waals surface area contributed by atoms with E-state index in [0.29, 0.717) is 5.92 Å². The first kappa shape index (κ1) is 13.1. The Labute approximate surface area is 97.0 Å². The molecule has 3 N–H and O–H groups in total. The molecule has 0 bridgehead atoms. The first-order chi connectivity index (χ1) is 7.72. The molecule has 0 heterocycles. The zero-order valence-corrected chi connectivity index (χ0v) is 9.88. The molecule has 1 rings (SSSR count). The highest BCUT2D eigenvalue weighted by Crippen LogP contribution is 2.03. The normalized spacial score (nSPS) is 12.7. The maximum absolute atomic E-state index is 12.6. The Bertz CT molecular complexity index is 284. The van der Waals surface area contributed by atoms with Gasteiger partial charge in [-0.1, -0.05) is 19.1 Å². The summed E-state index contributed by atoms with van der Waals surface area (Å²) in [6, 6.07) is 6.68. The lowest BCUT2D eigenvalue weighted by Crippen LogP contribution is -2.22. The van der Waals surface area contributed by atoms with Gasteiger partial charge in [0.1, 0.15) is 5.82 Å². The number of hydrogen-bond donors (Lipinski definition) is 2. The Kier molecular flexibility index (Phi) is 6.04. The van der Waals surface area contributed by atoms with E-state index in [1.165, 1.54) is 17.7 Å². The summed E-state index contributed by atoms with van der Waals surface area (Å²) in [4.78, 5) is 0. The molecule has 0 fully saturated rings. The molecule has 0 aliphatic carbocycles. The van der Waals surface area contributed by atoms with E-state index < -0.39 is 0 Å². The van der Waals surface area contributed by atoms with Gasteiger partial charge in [-0.25, -0.2) is 4.39 Å². The average Bonchev–Trinajstić information content (AvgIpc) is 2.31. The molecule has 0 saturated carbocycles. The zero-order chi connectivity index (χ0) is 11.8. The lowest BCUT2D eigenvalue weighted by molar-refractivity contribution is 0.511. The van der Waals surface area contributed by atoms with Crippen LogP contribution in [0.25, 0.3) is 0 Å². The molecule has 0 saturated heterocycles. The first-order valence-corrected chi connectivity index (χ1v) is 5.87. The van der Waals surface area contributed by atoms with Crippen LogP contribution in [-0.2, 0) is 6.42 Å². The smallest absolute Gasteiger partial charge is 0.123 e. The fourth-order valence-electron chi connectivity index (χ4n) is 1.48. The summed E-state index contributed by atoms with van der Waals surface area (Å²) in [5.74, 6) is 0.409. The average molecular weight is 224 g/mol. The molecule has 2 nitrogen and oxygen atoms in total. The van der Waals surface area contributed by atoms with Crippen LogP contribution < -0.4 is 11.1 Å². The number of benzene rings is 1. The van der Waals surface area contributed by atoms with Crippen molar-refractivity contribution in [2.45, 2.75) is 19.8 Å². The van der Waals surface area contributed by atoms with Gasteiger partial charge in [-0.3, -0.25) is 0 Å². The molecule has 90 valence electrons. The highest BCUT2D eigenvalue weighted by molar-refractivity contribution is 5.16. The van der Waals surface area contributed by atoms with Gasteiger partial charge < -0.3 is 11.1 Å². The molecular weight excluding hydrogens is 203 g/mol. The summed E-state index contributed by atoms with van der Waals surface area (Å²) >= 11 is 0. The minimum absolute atomic E-state index is 0.173. The van der Waals surface area contributed by atoms with E-state index in [9.17, 15) is 4.39 Å². The molecule has 16 heavy (non-hydrogen) atoms. The molecule has 0 spiro atoms. The Morgan fingerprint density at radius 1 is 1.25 bits per heavy atom. The quantitative estimate of drug-likeness (QED) is 0.695. The van der Waals surface area contributed by atoms with Crippen LogP contribution in [0.4, 0.5) is 4.39 Å². The molecule has 1 atom stereocenters. The van der Waals surface area contributed by atoms with Crippen LogP contribution in [0.2, 0.25) is 0 Å². The van der Waals surface area contributed by atoms with Crippen molar-refractivity contribution in [3.63, 3.8) is 0 Å². The van der Waals surface area contributed by atoms with Crippen LogP contribution in [0, 0.1) is 11.7 Å². The second-order valence-corrected chi connectivity index (χ2v) is 4.26. The Hall–Kier alpha value is -0.930. The van der Waals surface area contributed by atoms with Gasteiger partial charge in [0.05, 0.1) is 0 Å². The predicted octanol–water partition coefficient (Wildman–Crippen LogP) is 1.94. The summed E-state index contributed by atoms with van der Waals surface area (Å²) in [7, 11) is 0. The van der Waals surface area contributed by atoms with Crippen LogP contribution in [-0.4, -0.2) is 19.6 Å². The molecule has 0 aromatic heterocycles. The molecule has 0 amide bonds.